The average molecular weight is 298 g/mol. The lowest BCUT2D eigenvalue weighted by Gasteiger charge is -2.31. The van der Waals surface area contributed by atoms with E-state index in [9.17, 15) is 4.79 Å². The number of halogens is 1. The van der Waals surface area contributed by atoms with Gasteiger partial charge in [0.05, 0.1) is 25.9 Å². The topological polar surface area (TPSA) is 49.8 Å². The van der Waals surface area contributed by atoms with E-state index in [0.29, 0.717) is 23.7 Å². The van der Waals surface area contributed by atoms with Gasteiger partial charge < -0.3 is 9.84 Å². The van der Waals surface area contributed by atoms with Crippen molar-refractivity contribution in [2.24, 2.45) is 0 Å². The van der Waals surface area contributed by atoms with Crippen molar-refractivity contribution < 1.29 is 14.6 Å². The third kappa shape index (κ3) is 4.56. The van der Waals surface area contributed by atoms with Crippen LogP contribution in [0.2, 0.25) is 5.02 Å². The molecule has 1 heterocycles. The Morgan fingerprint density at radius 3 is 2.80 bits per heavy atom. The monoisotopic (exact) mass is 297 g/mol. The van der Waals surface area contributed by atoms with Crippen molar-refractivity contribution >= 4 is 17.4 Å². The fourth-order valence-corrected chi connectivity index (χ4v) is 2.60. The number of benzene rings is 1. The summed E-state index contributed by atoms with van der Waals surface area (Å²) in [6.07, 6.45) is 2.02. The number of carbonyl (C=O) groups is 1. The van der Waals surface area contributed by atoms with Crippen molar-refractivity contribution in [1.29, 1.82) is 0 Å². The minimum atomic E-state index is 0.0630. The Morgan fingerprint density at radius 1 is 1.40 bits per heavy atom. The lowest BCUT2D eigenvalue weighted by molar-refractivity contribution is -0.00689. The molecular weight excluding hydrogens is 278 g/mol. The summed E-state index contributed by atoms with van der Waals surface area (Å²) in [4.78, 5) is 14.3. The van der Waals surface area contributed by atoms with Gasteiger partial charge in [-0.3, -0.25) is 9.69 Å². The second-order valence-corrected chi connectivity index (χ2v) is 5.44. The number of nitrogens with zero attached hydrogens (tertiary/aromatic N) is 1. The standard InChI is InChI=1S/C15H20ClNO3/c16-13-3-1-2-12(10-13)15(19)11-17-6-4-14(5-7-17)20-9-8-18/h1-3,10,14,18H,4-9,11H2. The molecule has 0 bridgehead atoms. The van der Waals surface area contributed by atoms with Gasteiger partial charge in [-0.1, -0.05) is 23.7 Å². The van der Waals surface area contributed by atoms with Crippen LogP contribution in [0.25, 0.3) is 0 Å². The van der Waals surface area contributed by atoms with Crippen molar-refractivity contribution in [3.05, 3.63) is 34.9 Å². The molecule has 1 N–H and O–H groups in total. The van der Waals surface area contributed by atoms with E-state index < -0.39 is 0 Å². The molecule has 110 valence electrons. The number of rotatable bonds is 6. The van der Waals surface area contributed by atoms with Gasteiger partial charge in [-0.25, -0.2) is 0 Å². The van der Waals surface area contributed by atoms with Crippen molar-refractivity contribution in [2.75, 3.05) is 32.8 Å². The third-order valence-electron chi connectivity index (χ3n) is 3.49. The molecule has 1 aromatic rings. The largest absolute Gasteiger partial charge is 0.394 e. The van der Waals surface area contributed by atoms with Crippen molar-refractivity contribution in [3.8, 4) is 0 Å². The van der Waals surface area contributed by atoms with Crippen LogP contribution in [0, 0.1) is 0 Å². The summed E-state index contributed by atoms with van der Waals surface area (Å²) >= 11 is 5.90. The van der Waals surface area contributed by atoms with Crippen LogP contribution < -0.4 is 0 Å². The van der Waals surface area contributed by atoms with Gasteiger partial charge in [0.2, 0.25) is 0 Å². The maximum atomic E-state index is 12.2. The van der Waals surface area contributed by atoms with E-state index >= 15 is 0 Å². The van der Waals surface area contributed by atoms with Crippen LogP contribution in [0.15, 0.2) is 24.3 Å². The molecule has 1 aliphatic heterocycles. The molecule has 1 aliphatic rings. The van der Waals surface area contributed by atoms with Gasteiger partial charge in [0.15, 0.2) is 5.78 Å². The maximum absolute atomic E-state index is 12.2. The first kappa shape index (κ1) is 15.4. The molecule has 0 saturated carbocycles. The van der Waals surface area contributed by atoms with Gasteiger partial charge in [0, 0.05) is 23.7 Å². The molecule has 4 nitrogen and oxygen atoms in total. The number of hydrogen-bond donors (Lipinski definition) is 1. The van der Waals surface area contributed by atoms with E-state index in [2.05, 4.69) is 4.90 Å². The highest BCUT2D eigenvalue weighted by Crippen LogP contribution is 2.15. The van der Waals surface area contributed by atoms with Crippen LogP contribution in [0.5, 0.6) is 0 Å². The SMILES string of the molecule is O=C(CN1CCC(OCCO)CC1)c1cccc(Cl)c1. The fourth-order valence-electron chi connectivity index (χ4n) is 2.41. The highest BCUT2D eigenvalue weighted by Gasteiger charge is 2.21. The van der Waals surface area contributed by atoms with Crippen LogP contribution >= 0.6 is 11.6 Å². The minimum absolute atomic E-state index is 0.0630. The molecule has 5 heteroatoms. The van der Waals surface area contributed by atoms with Crippen molar-refractivity contribution in [2.45, 2.75) is 18.9 Å². The number of aliphatic hydroxyl groups excluding tert-OH is 1. The fraction of sp³-hybridized carbons (Fsp3) is 0.533. The van der Waals surface area contributed by atoms with Gasteiger partial charge in [-0.15, -0.1) is 0 Å². The number of Topliss-reactive ketones (excluding diaryl/α,β-unsaturated/α-hetero) is 1. The van der Waals surface area contributed by atoms with Crippen LogP contribution in [0.1, 0.15) is 23.2 Å². The van der Waals surface area contributed by atoms with Crippen LogP contribution in [-0.4, -0.2) is 54.7 Å². The smallest absolute Gasteiger partial charge is 0.176 e. The van der Waals surface area contributed by atoms with Gasteiger partial charge in [-0.05, 0) is 25.0 Å². The number of carbonyl (C=O) groups excluding carboxylic acids is 1. The number of likely N-dealkylation sites (tertiary alicyclic amines) is 1. The van der Waals surface area contributed by atoms with Gasteiger partial charge in [0.25, 0.3) is 0 Å². The number of ketones is 1. The van der Waals surface area contributed by atoms with E-state index in [0.717, 1.165) is 25.9 Å². The highest BCUT2D eigenvalue weighted by molar-refractivity contribution is 6.31. The molecule has 0 aliphatic carbocycles. The summed E-state index contributed by atoms with van der Waals surface area (Å²) in [6, 6.07) is 7.07. The number of aliphatic hydroxyl groups is 1. The quantitative estimate of drug-likeness (QED) is 0.816. The lowest BCUT2D eigenvalue weighted by atomic mass is 10.1. The third-order valence-corrected chi connectivity index (χ3v) is 3.73. The van der Waals surface area contributed by atoms with Crippen molar-refractivity contribution in [1.82, 2.24) is 4.90 Å². The Hall–Kier alpha value is -0.940. The summed E-state index contributed by atoms with van der Waals surface area (Å²) in [7, 11) is 0. The molecule has 20 heavy (non-hydrogen) atoms. The lowest BCUT2D eigenvalue weighted by Crippen LogP contribution is -2.40. The second kappa shape index (κ2) is 7.74. The second-order valence-electron chi connectivity index (χ2n) is 5.00. The van der Waals surface area contributed by atoms with E-state index in [1.54, 1.807) is 24.3 Å². The van der Waals surface area contributed by atoms with Gasteiger partial charge in [0.1, 0.15) is 0 Å². The molecule has 0 radical (unpaired) electrons. The summed E-state index contributed by atoms with van der Waals surface area (Å²) in [5.74, 6) is 0.0993. The Bertz CT molecular complexity index is 444. The Balaban J connectivity index is 1.79. The molecule has 0 unspecified atom stereocenters. The van der Waals surface area contributed by atoms with Gasteiger partial charge in [-0.2, -0.15) is 0 Å². The van der Waals surface area contributed by atoms with Crippen molar-refractivity contribution in [3.63, 3.8) is 0 Å². The molecular formula is C15H20ClNO3. The molecule has 0 amide bonds. The average Bonchev–Trinajstić information content (AvgIpc) is 2.46. The predicted molar refractivity (Wildman–Crippen MR) is 78.3 cm³/mol. The van der Waals surface area contributed by atoms with E-state index in [1.165, 1.54) is 0 Å². The number of hydrogen-bond acceptors (Lipinski definition) is 4. The number of ether oxygens (including phenoxy) is 1. The molecule has 1 fully saturated rings. The molecule has 0 atom stereocenters. The van der Waals surface area contributed by atoms with E-state index in [1.807, 2.05) is 0 Å². The Morgan fingerprint density at radius 2 is 2.15 bits per heavy atom. The highest BCUT2D eigenvalue weighted by atomic mass is 35.5. The molecule has 0 spiro atoms. The zero-order chi connectivity index (χ0) is 14.4. The summed E-state index contributed by atoms with van der Waals surface area (Å²) < 4.78 is 5.51. The van der Waals surface area contributed by atoms with Gasteiger partial charge >= 0.3 is 0 Å². The zero-order valence-electron chi connectivity index (χ0n) is 11.4. The predicted octanol–water partition coefficient (Wildman–Crippen LogP) is 2.00. The first-order valence-electron chi connectivity index (χ1n) is 6.92. The first-order valence-corrected chi connectivity index (χ1v) is 7.30. The normalized spacial score (nSPS) is 17.3. The van der Waals surface area contributed by atoms with E-state index in [4.69, 9.17) is 21.4 Å². The maximum Gasteiger partial charge on any atom is 0.176 e. The summed E-state index contributed by atoms with van der Waals surface area (Å²) in [5.41, 5.74) is 0.663. The minimum Gasteiger partial charge on any atom is -0.394 e. The van der Waals surface area contributed by atoms with Crippen LogP contribution in [0.3, 0.4) is 0 Å². The molecule has 0 aromatic heterocycles. The zero-order valence-corrected chi connectivity index (χ0v) is 12.2. The van der Waals surface area contributed by atoms with Crippen LogP contribution in [-0.2, 0) is 4.74 Å². The van der Waals surface area contributed by atoms with E-state index in [-0.39, 0.29) is 18.5 Å². The Kier molecular flexibility index (Phi) is 5.98. The van der Waals surface area contributed by atoms with Crippen LogP contribution in [0.4, 0.5) is 0 Å². The molecule has 1 saturated heterocycles. The first-order chi connectivity index (χ1) is 9.69. The summed E-state index contributed by atoms with van der Waals surface area (Å²) in [5, 5.41) is 9.32. The number of piperidine rings is 1. The Labute approximate surface area is 124 Å². The summed E-state index contributed by atoms with van der Waals surface area (Å²) in [6.45, 7) is 2.58. The molecule has 1 aromatic carbocycles. The molecule has 2 rings (SSSR count).